The van der Waals surface area contributed by atoms with E-state index < -0.39 is 0 Å². The Morgan fingerprint density at radius 1 is 1.07 bits per heavy atom. The van der Waals surface area contributed by atoms with Crippen molar-refractivity contribution in [3.63, 3.8) is 0 Å². The number of carbonyl (C=O) groups is 1. The predicted molar refractivity (Wildman–Crippen MR) is 113 cm³/mol. The molecule has 1 saturated carbocycles. The van der Waals surface area contributed by atoms with Crippen molar-refractivity contribution in [2.24, 2.45) is 0 Å². The van der Waals surface area contributed by atoms with Crippen LogP contribution in [0.2, 0.25) is 0 Å². The largest absolute Gasteiger partial charge is 0.366 e. The van der Waals surface area contributed by atoms with Crippen molar-refractivity contribution in [2.45, 2.75) is 25.4 Å². The molecule has 6 nitrogen and oxygen atoms in total. The van der Waals surface area contributed by atoms with E-state index in [1.807, 2.05) is 77.7 Å². The van der Waals surface area contributed by atoms with Crippen LogP contribution in [0.5, 0.6) is 0 Å². The molecule has 2 aromatic heterocycles. The molecule has 1 amide bonds. The van der Waals surface area contributed by atoms with E-state index in [0.29, 0.717) is 24.0 Å². The van der Waals surface area contributed by atoms with Crippen LogP contribution < -0.4 is 10.6 Å². The van der Waals surface area contributed by atoms with E-state index in [1.165, 1.54) is 0 Å². The first-order valence-electron chi connectivity index (χ1n) is 9.80. The van der Waals surface area contributed by atoms with Gasteiger partial charge in [-0.2, -0.15) is 5.10 Å². The van der Waals surface area contributed by atoms with Crippen LogP contribution in [-0.4, -0.2) is 26.7 Å². The second-order valence-corrected chi connectivity index (χ2v) is 7.30. The zero-order valence-corrected chi connectivity index (χ0v) is 15.9. The van der Waals surface area contributed by atoms with Gasteiger partial charge in [-0.3, -0.25) is 4.79 Å². The molecule has 2 heterocycles. The number of pyridine rings is 1. The molecule has 2 aromatic carbocycles. The highest BCUT2D eigenvalue weighted by Crippen LogP contribution is 2.24. The Balaban J connectivity index is 1.38. The number of hydrogen-bond donors (Lipinski definition) is 2. The Kier molecular flexibility index (Phi) is 4.44. The fourth-order valence-corrected chi connectivity index (χ4v) is 3.31. The van der Waals surface area contributed by atoms with E-state index in [0.717, 1.165) is 35.0 Å². The highest BCUT2D eigenvalue weighted by Gasteiger charge is 2.25. The second kappa shape index (κ2) is 7.39. The number of anilines is 1. The molecule has 0 bridgehead atoms. The average Bonchev–Trinajstić information content (AvgIpc) is 3.45. The van der Waals surface area contributed by atoms with Gasteiger partial charge in [0, 0.05) is 29.7 Å². The first-order chi connectivity index (χ1) is 14.3. The molecule has 0 aliphatic heterocycles. The Morgan fingerprint density at radius 3 is 2.69 bits per heavy atom. The average molecular weight is 383 g/mol. The summed E-state index contributed by atoms with van der Waals surface area (Å²) in [5.41, 5.74) is 3.51. The van der Waals surface area contributed by atoms with E-state index in [-0.39, 0.29) is 5.91 Å². The predicted octanol–water partition coefficient (Wildman–Crippen LogP) is 3.92. The molecule has 1 fully saturated rings. The molecular formula is C23H21N5O. The third-order valence-electron chi connectivity index (χ3n) is 5.00. The van der Waals surface area contributed by atoms with Crippen molar-refractivity contribution in [3.05, 3.63) is 84.2 Å². The standard InChI is InChI=1S/C23H21N5O/c29-23(26-17-10-11-17)20-12-22(27-21-9-5-4-8-19(20)21)24-13-16-14-25-28(15-16)18-6-2-1-3-7-18/h1-9,12,14-15,17H,10-11,13H2,(H,24,27)(H,26,29). The van der Waals surface area contributed by atoms with Crippen molar-refractivity contribution in [1.82, 2.24) is 20.1 Å². The van der Waals surface area contributed by atoms with Gasteiger partial charge in [-0.1, -0.05) is 36.4 Å². The van der Waals surface area contributed by atoms with Crippen LogP contribution >= 0.6 is 0 Å². The van der Waals surface area contributed by atoms with Gasteiger partial charge in [-0.05, 0) is 37.1 Å². The lowest BCUT2D eigenvalue weighted by Gasteiger charge is -2.11. The van der Waals surface area contributed by atoms with Crippen molar-refractivity contribution in [2.75, 3.05) is 5.32 Å². The third kappa shape index (κ3) is 3.82. The number of nitrogens with zero attached hydrogens (tertiary/aromatic N) is 3. The fraction of sp³-hybridized carbons (Fsp3) is 0.174. The fourth-order valence-electron chi connectivity index (χ4n) is 3.31. The van der Waals surface area contributed by atoms with Crippen LogP contribution in [0.15, 0.2) is 73.1 Å². The van der Waals surface area contributed by atoms with Crippen LogP contribution in [0, 0.1) is 0 Å². The van der Waals surface area contributed by atoms with Crippen LogP contribution in [0.4, 0.5) is 5.82 Å². The molecule has 29 heavy (non-hydrogen) atoms. The van der Waals surface area contributed by atoms with Gasteiger partial charge in [-0.15, -0.1) is 0 Å². The number of amides is 1. The third-order valence-corrected chi connectivity index (χ3v) is 5.00. The van der Waals surface area contributed by atoms with Gasteiger partial charge >= 0.3 is 0 Å². The monoisotopic (exact) mass is 383 g/mol. The van der Waals surface area contributed by atoms with Gasteiger partial charge in [0.05, 0.1) is 23.0 Å². The summed E-state index contributed by atoms with van der Waals surface area (Å²) in [7, 11) is 0. The summed E-state index contributed by atoms with van der Waals surface area (Å²) in [6, 6.07) is 19.9. The number of rotatable bonds is 6. The second-order valence-electron chi connectivity index (χ2n) is 7.30. The van der Waals surface area contributed by atoms with Gasteiger partial charge in [0.15, 0.2) is 0 Å². The van der Waals surface area contributed by atoms with Gasteiger partial charge in [0.2, 0.25) is 0 Å². The number of para-hydroxylation sites is 2. The van der Waals surface area contributed by atoms with Crippen molar-refractivity contribution >= 4 is 22.6 Å². The van der Waals surface area contributed by atoms with E-state index >= 15 is 0 Å². The molecular weight excluding hydrogens is 362 g/mol. The SMILES string of the molecule is O=C(NC1CC1)c1cc(NCc2cnn(-c3ccccc3)c2)nc2ccccc12. The summed E-state index contributed by atoms with van der Waals surface area (Å²) in [5.74, 6) is 0.642. The number of hydrogen-bond acceptors (Lipinski definition) is 4. The van der Waals surface area contributed by atoms with Gasteiger partial charge in [0.1, 0.15) is 5.82 Å². The van der Waals surface area contributed by atoms with Crippen LogP contribution in [-0.2, 0) is 6.54 Å². The minimum Gasteiger partial charge on any atom is -0.366 e. The minimum absolute atomic E-state index is 0.0361. The number of nitrogens with one attached hydrogen (secondary N) is 2. The van der Waals surface area contributed by atoms with Crippen molar-refractivity contribution in [3.8, 4) is 5.69 Å². The van der Waals surface area contributed by atoms with Crippen LogP contribution in [0.1, 0.15) is 28.8 Å². The molecule has 0 spiro atoms. The summed E-state index contributed by atoms with van der Waals surface area (Å²) in [6.07, 6.45) is 5.95. The van der Waals surface area contributed by atoms with Gasteiger partial charge in [-0.25, -0.2) is 9.67 Å². The van der Waals surface area contributed by atoms with Crippen LogP contribution in [0.3, 0.4) is 0 Å². The lowest BCUT2D eigenvalue weighted by atomic mass is 10.1. The van der Waals surface area contributed by atoms with E-state index in [9.17, 15) is 4.79 Å². The van der Waals surface area contributed by atoms with Crippen LogP contribution in [0.25, 0.3) is 16.6 Å². The summed E-state index contributed by atoms with van der Waals surface area (Å²) in [5, 5.41) is 11.7. The summed E-state index contributed by atoms with van der Waals surface area (Å²) >= 11 is 0. The molecule has 2 N–H and O–H groups in total. The van der Waals surface area contributed by atoms with Crippen molar-refractivity contribution < 1.29 is 4.79 Å². The molecule has 144 valence electrons. The van der Waals surface area contributed by atoms with E-state index in [1.54, 1.807) is 0 Å². The number of carbonyl (C=O) groups excluding carboxylic acids is 1. The normalized spacial score (nSPS) is 13.4. The lowest BCUT2D eigenvalue weighted by molar-refractivity contribution is 0.0952. The van der Waals surface area contributed by atoms with Gasteiger partial charge < -0.3 is 10.6 Å². The Labute approximate surface area is 168 Å². The van der Waals surface area contributed by atoms with Gasteiger partial charge in [0.25, 0.3) is 5.91 Å². The Hall–Kier alpha value is -3.67. The number of benzene rings is 2. The maximum Gasteiger partial charge on any atom is 0.252 e. The summed E-state index contributed by atoms with van der Waals surface area (Å²) < 4.78 is 1.85. The molecule has 1 aliphatic rings. The topological polar surface area (TPSA) is 71.8 Å². The highest BCUT2D eigenvalue weighted by atomic mass is 16.1. The van der Waals surface area contributed by atoms with E-state index in [4.69, 9.17) is 0 Å². The number of fused-ring (bicyclic) bond motifs is 1. The molecule has 0 unspecified atom stereocenters. The van der Waals surface area contributed by atoms with Crippen molar-refractivity contribution in [1.29, 1.82) is 0 Å². The maximum atomic E-state index is 12.7. The zero-order valence-electron chi connectivity index (χ0n) is 15.9. The zero-order chi connectivity index (χ0) is 19.6. The Bertz CT molecular complexity index is 1160. The molecule has 0 radical (unpaired) electrons. The minimum atomic E-state index is -0.0361. The lowest BCUT2D eigenvalue weighted by Crippen LogP contribution is -2.25. The maximum absolute atomic E-state index is 12.7. The Morgan fingerprint density at radius 2 is 1.86 bits per heavy atom. The summed E-state index contributed by atoms with van der Waals surface area (Å²) in [4.78, 5) is 17.4. The molecule has 5 rings (SSSR count). The smallest absolute Gasteiger partial charge is 0.252 e. The number of aromatic nitrogens is 3. The summed E-state index contributed by atoms with van der Waals surface area (Å²) in [6.45, 7) is 0.571. The molecule has 4 aromatic rings. The molecule has 0 saturated heterocycles. The first-order valence-corrected chi connectivity index (χ1v) is 9.80. The molecule has 6 heteroatoms. The highest BCUT2D eigenvalue weighted by molar-refractivity contribution is 6.07. The van der Waals surface area contributed by atoms with E-state index in [2.05, 4.69) is 20.7 Å². The molecule has 1 aliphatic carbocycles. The quantitative estimate of drug-likeness (QED) is 0.529. The first kappa shape index (κ1) is 17.4. The molecule has 0 atom stereocenters.